The lowest BCUT2D eigenvalue weighted by Gasteiger charge is -2.39. The van der Waals surface area contributed by atoms with Gasteiger partial charge in [-0.1, -0.05) is 0 Å². The van der Waals surface area contributed by atoms with Crippen molar-refractivity contribution in [2.24, 2.45) is 5.92 Å². The molecule has 5 rings (SSSR count). The number of aromatic nitrogens is 5. The summed E-state index contributed by atoms with van der Waals surface area (Å²) in [5, 5.41) is 4.51. The Morgan fingerprint density at radius 2 is 1.92 bits per heavy atom. The van der Waals surface area contributed by atoms with Crippen molar-refractivity contribution in [2.45, 2.75) is 32.7 Å². The van der Waals surface area contributed by atoms with Gasteiger partial charge in [0.1, 0.15) is 17.5 Å². The second-order valence-corrected chi connectivity index (χ2v) is 7.36. The molecule has 2 saturated heterocycles. The van der Waals surface area contributed by atoms with Crippen molar-refractivity contribution < 1.29 is 0 Å². The molecule has 0 amide bonds. The van der Waals surface area contributed by atoms with Crippen LogP contribution in [-0.2, 0) is 0 Å². The fourth-order valence-corrected chi connectivity index (χ4v) is 4.48. The summed E-state index contributed by atoms with van der Waals surface area (Å²) >= 11 is 0. The zero-order valence-electron chi connectivity index (χ0n) is 15.2. The number of hydrogen-bond acceptors (Lipinski definition) is 6. The molecule has 3 aromatic heterocycles. The second-order valence-electron chi connectivity index (χ2n) is 7.36. The van der Waals surface area contributed by atoms with Crippen LogP contribution in [0.2, 0.25) is 0 Å². The van der Waals surface area contributed by atoms with Gasteiger partial charge in [-0.25, -0.2) is 15.0 Å². The van der Waals surface area contributed by atoms with E-state index < -0.39 is 0 Å². The highest BCUT2D eigenvalue weighted by Gasteiger charge is 2.39. The molecule has 2 fully saturated rings. The molecule has 2 aliphatic heterocycles. The van der Waals surface area contributed by atoms with Gasteiger partial charge in [0, 0.05) is 43.7 Å². The highest BCUT2D eigenvalue weighted by molar-refractivity contribution is 5.53. The average molecular weight is 349 g/mol. The van der Waals surface area contributed by atoms with Gasteiger partial charge in [0.05, 0.1) is 12.2 Å². The van der Waals surface area contributed by atoms with Crippen molar-refractivity contribution in [3.05, 3.63) is 42.1 Å². The summed E-state index contributed by atoms with van der Waals surface area (Å²) < 4.78 is 1.98. The third-order valence-electron chi connectivity index (χ3n) is 5.71. The van der Waals surface area contributed by atoms with Gasteiger partial charge in [-0.3, -0.25) is 0 Å². The third kappa shape index (κ3) is 2.50. The van der Waals surface area contributed by atoms with Gasteiger partial charge < -0.3 is 9.80 Å². The molecule has 2 unspecified atom stereocenters. The van der Waals surface area contributed by atoms with Crippen molar-refractivity contribution >= 4 is 17.3 Å². The molecule has 0 aromatic carbocycles. The van der Waals surface area contributed by atoms with Gasteiger partial charge in [0.15, 0.2) is 5.65 Å². The van der Waals surface area contributed by atoms with Gasteiger partial charge in [-0.15, -0.1) is 0 Å². The van der Waals surface area contributed by atoms with E-state index in [1.165, 1.54) is 12.8 Å². The fraction of sp³-hybridized carbons (Fsp3) is 0.474. The predicted molar refractivity (Wildman–Crippen MR) is 101 cm³/mol. The molecular formula is C19H23N7. The van der Waals surface area contributed by atoms with Crippen LogP contribution in [0.5, 0.6) is 0 Å². The monoisotopic (exact) mass is 349 g/mol. The zero-order chi connectivity index (χ0) is 17.7. The summed E-state index contributed by atoms with van der Waals surface area (Å²) in [5.41, 5.74) is 1.96. The summed E-state index contributed by atoms with van der Waals surface area (Å²) in [5.74, 6) is 3.76. The lowest BCUT2D eigenvalue weighted by atomic mass is 9.92. The molecule has 2 aliphatic rings. The molecule has 5 heterocycles. The fourth-order valence-electron chi connectivity index (χ4n) is 4.48. The first-order valence-corrected chi connectivity index (χ1v) is 9.32. The minimum Gasteiger partial charge on any atom is -0.354 e. The molecule has 0 aliphatic carbocycles. The lowest BCUT2D eigenvalue weighted by molar-refractivity contribution is 0.387. The molecule has 7 nitrogen and oxygen atoms in total. The van der Waals surface area contributed by atoms with Gasteiger partial charge in [-0.05, 0) is 38.7 Å². The van der Waals surface area contributed by atoms with Crippen LogP contribution in [0.15, 0.2) is 30.6 Å². The van der Waals surface area contributed by atoms with E-state index in [1.54, 1.807) is 0 Å². The van der Waals surface area contributed by atoms with Gasteiger partial charge in [0.25, 0.3) is 0 Å². The summed E-state index contributed by atoms with van der Waals surface area (Å²) in [4.78, 5) is 18.4. The normalized spacial score (nSPS) is 22.8. The largest absolute Gasteiger partial charge is 0.354 e. The molecule has 0 spiro atoms. The number of fused-ring (bicyclic) bond motifs is 2. The maximum Gasteiger partial charge on any atom is 0.157 e. The van der Waals surface area contributed by atoms with Crippen LogP contribution in [-0.4, -0.2) is 50.2 Å². The van der Waals surface area contributed by atoms with Crippen LogP contribution in [0.25, 0.3) is 5.65 Å². The van der Waals surface area contributed by atoms with E-state index >= 15 is 0 Å². The summed E-state index contributed by atoms with van der Waals surface area (Å²) in [7, 11) is 0. The van der Waals surface area contributed by atoms with Crippen LogP contribution < -0.4 is 9.80 Å². The highest BCUT2D eigenvalue weighted by Crippen LogP contribution is 2.36. The first-order valence-electron chi connectivity index (χ1n) is 9.32. The number of aryl methyl sites for hydroxylation is 2. The van der Waals surface area contributed by atoms with Crippen LogP contribution in [0.4, 0.5) is 11.6 Å². The van der Waals surface area contributed by atoms with Crippen molar-refractivity contribution in [1.82, 2.24) is 24.6 Å². The molecule has 0 saturated carbocycles. The van der Waals surface area contributed by atoms with Crippen LogP contribution >= 0.6 is 0 Å². The van der Waals surface area contributed by atoms with E-state index in [9.17, 15) is 0 Å². The predicted octanol–water partition coefficient (Wildman–Crippen LogP) is 2.24. The minimum absolute atomic E-state index is 0.480. The molecule has 3 aromatic rings. The van der Waals surface area contributed by atoms with E-state index in [0.717, 1.165) is 54.4 Å². The Morgan fingerprint density at radius 1 is 1.04 bits per heavy atom. The SMILES string of the molecule is Cc1cc(N2CCC3CCN(c4ccnc(C)n4)CC32)n2nccc2n1. The van der Waals surface area contributed by atoms with Crippen molar-refractivity contribution in [1.29, 1.82) is 0 Å². The van der Waals surface area contributed by atoms with E-state index in [1.807, 2.05) is 36.0 Å². The van der Waals surface area contributed by atoms with Crippen LogP contribution in [0.1, 0.15) is 24.4 Å². The zero-order valence-corrected chi connectivity index (χ0v) is 15.2. The van der Waals surface area contributed by atoms with Gasteiger partial charge in [0.2, 0.25) is 0 Å². The number of nitrogens with zero attached hydrogens (tertiary/aromatic N) is 7. The average Bonchev–Trinajstić information content (AvgIpc) is 3.27. The Labute approximate surface area is 152 Å². The Bertz CT molecular complexity index is 950. The Balaban J connectivity index is 1.49. The molecular weight excluding hydrogens is 326 g/mol. The van der Waals surface area contributed by atoms with E-state index in [4.69, 9.17) is 0 Å². The van der Waals surface area contributed by atoms with E-state index in [0.29, 0.717) is 6.04 Å². The van der Waals surface area contributed by atoms with E-state index in [-0.39, 0.29) is 0 Å². The maximum absolute atomic E-state index is 4.63. The number of piperidine rings is 1. The second kappa shape index (κ2) is 5.93. The maximum atomic E-state index is 4.63. The lowest BCUT2D eigenvalue weighted by Crippen LogP contribution is -2.49. The third-order valence-corrected chi connectivity index (χ3v) is 5.71. The van der Waals surface area contributed by atoms with Crippen molar-refractivity contribution in [3.8, 4) is 0 Å². The summed E-state index contributed by atoms with van der Waals surface area (Å²) in [6.07, 6.45) is 6.13. The minimum atomic E-state index is 0.480. The van der Waals surface area contributed by atoms with Gasteiger partial charge >= 0.3 is 0 Å². The number of anilines is 2. The Hall–Kier alpha value is -2.70. The molecule has 7 heteroatoms. The molecule has 0 N–H and O–H groups in total. The summed E-state index contributed by atoms with van der Waals surface area (Å²) in [6, 6.07) is 6.64. The van der Waals surface area contributed by atoms with Gasteiger partial charge in [-0.2, -0.15) is 9.61 Å². The molecule has 2 atom stereocenters. The molecule has 134 valence electrons. The highest BCUT2D eigenvalue weighted by atomic mass is 15.4. The molecule has 0 bridgehead atoms. The first kappa shape index (κ1) is 15.5. The Kier molecular flexibility index (Phi) is 3.55. The molecule has 0 radical (unpaired) electrons. The topological polar surface area (TPSA) is 62.5 Å². The smallest absolute Gasteiger partial charge is 0.157 e. The van der Waals surface area contributed by atoms with E-state index in [2.05, 4.69) is 42.8 Å². The van der Waals surface area contributed by atoms with Crippen LogP contribution in [0.3, 0.4) is 0 Å². The Morgan fingerprint density at radius 3 is 2.81 bits per heavy atom. The quantitative estimate of drug-likeness (QED) is 0.707. The molecule has 26 heavy (non-hydrogen) atoms. The number of hydrogen-bond donors (Lipinski definition) is 0. The number of rotatable bonds is 2. The van der Waals surface area contributed by atoms with Crippen LogP contribution in [0, 0.1) is 19.8 Å². The summed E-state index contributed by atoms with van der Waals surface area (Å²) in [6.45, 7) is 7.14. The van der Waals surface area contributed by atoms with Crippen molar-refractivity contribution in [3.63, 3.8) is 0 Å². The first-order chi connectivity index (χ1) is 12.7. The van der Waals surface area contributed by atoms with Crippen molar-refractivity contribution in [2.75, 3.05) is 29.4 Å². The standard InChI is InChI=1S/C19H23N7/c1-13-11-19(26-18(22-13)4-8-21-26)25-10-6-15-5-9-24(12-16(15)25)17-3-7-20-14(2)23-17/h3-4,7-8,11,15-16H,5-6,9-10,12H2,1-2H3.